The molecule has 2 fully saturated rings. The van der Waals surface area contributed by atoms with Crippen molar-refractivity contribution in [2.45, 2.75) is 45.1 Å². The maximum absolute atomic E-state index is 11.0. The zero-order valence-corrected chi connectivity index (χ0v) is 18.2. The van der Waals surface area contributed by atoms with Gasteiger partial charge in [0.1, 0.15) is 12.1 Å². The lowest BCUT2D eigenvalue weighted by Crippen LogP contribution is -2.50. The molecule has 0 unspecified atom stereocenters. The van der Waals surface area contributed by atoms with Crippen LogP contribution in [0.1, 0.15) is 44.6 Å². The Morgan fingerprint density at radius 2 is 2.07 bits per heavy atom. The number of carbonyl (C=O) groups excluding carboxylic acids is 1. The predicted molar refractivity (Wildman–Crippen MR) is 122 cm³/mol. The number of allylic oxidation sites excluding steroid dienone is 3. The van der Waals surface area contributed by atoms with Crippen molar-refractivity contribution in [1.29, 1.82) is 0 Å². The molecule has 1 saturated carbocycles. The van der Waals surface area contributed by atoms with E-state index >= 15 is 0 Å². The molecule has 1 aromatic heterocycles. The van der Waals surface area contributed by atoms with E-state index in [0.29, 0.717) is 24.1 Å². The molecule has 1 aliphatic carbocycles. The first kappa shape index (κ1) is 21.0. The van der Waals surface area contributed by atoms with Crippen LogP contribution in [-0.2, 0) is 9.53 Å². The van der Waals surface area contributed by atoms with Gasteiger partial charge in [-0.25, -0.2) is 4.98 Å². The van der Waals surface area contributed by atoms with E-state index in [1.54, 1.807) is 13.0 Å². The van der Waals surface area contributed by atoms with Crippen molar-refractivity contribution in [2.75, 3.05) is 24.7 Å². The summed E-state index contributed by atoms with van der Waals surface area (Å²) in [5.74, 6) is 1.48. The first-order valence-corrected chi connectivity index (χ1v) is 11.1. The Kier molecular flexibility index (Phi) is 6.49. The Morgan fingerprint density at radius 3 is 2.83 bits per heavy atom. The second-order valence-electron chi connectivity index (χ2n) is 8.31. The van der Waals surface area contributed by atoms with Crippen molar-refractivity contribution in [2.24, 2.45) is 5.92 Å². The van der Waals surface area contributed by atoms with E-state index in [9.17, 15) is 4.79 Å². The summed E-state index contributed by atoms with van der Waals surface area (Å²) in [5, 5.41) is 1.22. The SMILES string of the molecule is C=C(/C=C(/C)C=O)c1ccc2nc(Cl)nc(N3CCOC[C@@H]3C3CCCCC3)c2c1. The van der Waals surface area contributed by atoms with Crippen LogP contribution in [0.5, 0.6) is 0 Å². The highest BCUT2D eigenvalue weighted by atomic mass is 35.5. The van der Waals surface area contributed by atoms with Crippen molar-refractivity contribution in [3.63, 3.8) is 0 Å². The Labute approximate surface area is 182 Å². The van der Waals surface area contributed by atoms with Crippen LogP contribution in [0.4, 0.5) is 5.82 Å². The minimum absolute atomic E-state index is 0.259. The topological polar surface area (TPSA) is 55.3 Å². The fraction of sp³-hybridized carbons (Fsp3) is 0.458. The molecule has 2 aliphatic rings. The standard InChI is InChI=1S/C24H28ClN3O2/c1-16(14-29)12-17(2)19-8-9-21-20(13-19)23(27-24(25)26-21)28-10-11-30-15-22(28)18-6-4-3-5-7-18/h8-9,12-14,18,22H,2-7,10-11,15H2,1H3/b16-12-/t22-/m1/s1. The highest BCUT2D eigenvalue weighted by Crippen LogP contribution is 2.36. The number of hydrogen-bond donors (Lipinski definition) is 0. The number of rotatable bonds is 5. The first-order chi connectivity index (χ1) is 14.6. The number of aldehydes is 1. The smallest absolute Gasteiger partial charge is 0.224 e. The Hall–Kier alpha value is -2.24. The molecule has 0 amide bonds. The maximum atomic E-state index is 11.0. The van der Waals surface area contributed by atoms with Crippen LogP contribution in [0.2, 0.25) is 5.28 Å². The molecular formula is C24H28ClN3O2. The third-order valence-corrected chi connectivity index (χ3v) is 6.41. The fourth-order valence-electron chi connectivity index (χ4n) is 4.69. The minimum atomic E-state index is 0.259. The summed E-state index contributed by atoms with van der Waals surface area (Å²) < 4.78 is 5.87. The summed E-state index contributed by atoms with van der Waals surface area (Å²) in [4.78, 5) is 22.5. The molecule has 0 radical (unpaired) electrons. The van der Waals surface area contributed by atoms with E-state index in [2.05, 4.69) is 27.5 Å². The number of fused-ring (bicyclic) bond motifs is 1. The van der Waals surface area contributed by atoms with Crippen LogP contribution in [0.3, 0.4) is 0 Å². The van der Waals surface area contributed by atoms with Crippen molar-refractivity contribution in [3.8, 4) is 0 Å². The van der Waals surface area contributed by atoms with E-state index in [-0.39, 0.29) is 5.28 Å². The largest absolute Gasteiger partial charge is 0.377 e. The van der Waals surface area contributed by atoms with Crippen molar-refractivity contribution in [3.05, 3.63) is 47.3 Å². The zero-order chi connectivity index (χ0) is 21.1. The number of ether oxygens (including phenoxy) is 1. The molecule has 1 aliphatic heterocycles. The Morgan fingerprint density at radius 1 is 1.27 bits per heavy atom. The molecule has 1 saturated heterocycles. The van der Waals surface area contributed by atoms with Crippen LogP contribution in [0.15, 0.2) is 36.4 Å². The summed E-state index contributed by atoms with van der Waals surface area (Å²) in [6, 6.07) is 6.28. The summed E-state index contributed by atoms with van der Waals surface area (Å²) in [6.45, 7) is 8.10. The summed E-state index contributed by atoms with van der Waals surface area (Å²) in [7, 11) is 0. The third-order valence-electron chi connectivity index (χ3n) is 6.24. The van der Waals surface area contributed by atoms with Gasteiger partial charge in [0.05, 0.1) is 24.8 Å². The van der Waals surface area contributed by atoms with Gasteiger partial charge in [-0.15, -0.1) is 0 Å². The van der Waals surface area contributed by atoms with Gasteiger partial charge in [0.15, 0.2) is 0 Å². The molecule has 5 nitrogen and oxygen atoms in total. The van der Waals surface area contributed by atoms with Crippen LogP contribution in [-0.4, -0.2) is 42.1 Å². The number of hydrogen-bond acceptors (Lipinski definition) is 5. The highest BCUT2D eigenvalue weighted by molar-refractivity contribution is 6.28. The van der Waals surface area contributed by atoms with Gasteiger partial charge in [-0.3, -0.25) is 4.79 Å². The van der Waals surface area contributed by atoms with E-state index in [4.69, 9.17) is 16.3 Å². The fourth-order valence-corrected chi connectivity index (χ4v) is 4.86. The molecule has 4 rings (SSSR count). The molecule has 30 heavy (non-hydrogen) atoms. The molecule has 158 valence electrons. The average Bonchev–Trinajstić information content (AvgIpc) is 2.78. The monoisotopic (exact) mass is 425 g/mol. The molecule has 0 bridgehead atoms. The highest BCUT2D eigenvalue weighted by Gasteiger charge is 2.33. The lowest BCUT2D eigenvalue weighted by molar-refractivity contribution is -0.104. The number of aromatic nitrogens is 2. The van der Waals surface area contributed by atoms with E-state index < -0.39 is 0 Å². The van der Waals surface area contributed by atoms with Gasteiger partial charge in [-0.05, 0) is 72.2 Å². The van der Waals surface area contributed by atoms with Crippen LogP contribution in [0.25, 0.3) is 16.5 Å². The molecular weight excluding hydrogens is 398 g/mol. The zero-order valence-electron chi connectivity index (χ0n) is 17.4. The lowest BCUT2D eigenvalue weighted by atomic mass is 9.83. The second-order valence-corrected chi connectivity index (χ2v) is 8.65. The van der Waals surface area contributed by atoms with Crippen molar-refractivity contribution >= 4 is 40.2 Å². The predicted octanol–water partition coefficient (Wildman–Crippen LogP) is 5.23. The Bertz CT molecular complexity index is 982. The average molecular weight is 426 g/mol. The van der Waals surface area contributed by atoms with Gasteiger partial charge in [0, 0.05) is 11.9 Å². The van der Waals surface area contributed by atoms with Crippen LogP contribution >= 0.6 is 11.6 Å². The Balaban J connectivity index is 1.77. The van der Waals surface area contributed by atoms with E-state index in [0.717, 1.165) is 47.3 Å². The van der Waals surface area contributed by atoms with Crippen LogP contribution in [0, 0.1) is 5.92 Å². The summed E-state index contributed by atoms with van der Waals surface area (Å²) in [6.07, 6.45) is 9.00. The summed E-state index contributed by atoms with van der Waals surface area (Å²) >= 11 is 6.32. The maximum Gasteiger partial charge on any atom is 0.224 e. The lowest BCUT2D eigenvalue weighted by Gasteiger charge is -2.42. The van der Waals surface area contributed by atoms with E-state index in [1.165, 1.54) is 32.1 Å². The van der Waals surface area contributed by atoms with Crippen LogP contribution < -0.4 is 4.90 Å². The quantitative estimate of drug-likeness (QED) is 0.284. The minimum Gasteiger partial charge on any atom is -0.377 e. The molecule has 6 heteroatoms. The van der Waals surface area contributed by atoms with Gasteiger partial charge in [-0.1, -0.05) is 31.9 Å². The number of nitrogens with zero attached hydrogens (tertiary/aromatic N) is 3. The van der Waals surface area contributed by atoms with E-state index in [1.807, 2.05) is 12.1 Å². The first-order valence-electron chi connectivity index (χ1n) is 10.7. The number of carbonyl (C=O) groups is 1. The molecule has 2 aromatic rings. The van der Waals surface area contributed by atoms with Gasteiger partial charge < -0.3 is 9.64 Å². The van der Waals surface area contributed by atoms with Gasteiger partial charge in [0.25, 0.3) is 0 Å². The molecule has 0 N–H and O–H groups in total. The van der Waals surface area contributed by atoms with Gasteiger partial charge in [-0.2, -0.15) is 4.98 Å². The number of morpholine rings is 1. The molecule has 2 heterocycles. The molecule has 1 aromatic carbocycles. The third kappa shape index (κ3) is 4.42. The van der Waals surface area contributed by atoms with Gasteiger partial charge in [0.2, 0.25) is 5.28 Å². The van der Waals surface area contributed by atoms with Crippen molar-refractivity contribution < 1.29 is 9.53 Å². The molecule has 1 atom stereocenters. The summed E-state index contributed by atoms with van der Waals surface area (Å²) in [5.41, 5.74) is 3.18. The normalized spacial score (nSPS) is 21.1. The number of benzene rings is 1. The second kappa shape index (κ2) is 9.27. The van der Waals surface area contributed by atoms with Gasteiger partial charge >= 0.3 is 0 Å². The number of halogens is 1. The van der Waals surface area contributed by atoms with Crippen molar-refractivity contribution in [1.82, 2.24) is 9.97 Å². The molecule has 0 spiro atoms. The number of anilines is 1.